The van der Waals surface area contributed by atoms with Crippen molar-refractivity contribution in [3.05, 3.63) is 29.8 Å². The van der Waals surface area contributed by atoms with Crippen molar-refractivity contribution in [1.82, 2.24) is 15.0 Å². The lowest BCUT2D eigenvalue weighted by molar-refractivity contribution is 1.09. The minimum absolute atomic E-state index is 0.0601. The second kappa shape index (κ2) is 3.82. The summed E-state index contributed by atoms with van der Waals surface area (Å²) in [6, 6.07) is 8.90. The van der Waals surface area contributed by atoms with E-state index in [0.29, 0.717) is 17.0 Å². The zero-order valence-corrected chi connectivity index (χ0v) is 8.25. The predicted molar refractivity (Wildman–Crippen MR) is 58.8 cm³/mol. The Balaban J connectivity index is 2.54. The van der Waals surface area contributed by atoms with Gasteiger partial charge in [0.05, 0.1) is 11.6 Å². The van der Waals surface area contributed by atoms with Crippen LogP contribution in [0, 0.1) is 11.3 Å². The molecule has 0 aliphatic carbocycles. The lowest BCUT2D eigenvalue weighted by atomic mass is 10.1. The van der Waals surface area contributed by atoms with Crippen LogP contribution in [0.1, 0.15) is 5.56 Å². The van der Waals surface area contributed by atoms with Crippen LogP contribution in [0.2, 0.25) is 0 Å². The molecule has 0 unspecified atom stereocenters. The van der Waals surface area contributed by atoms with Crippen molar-refractivity contribution < 1.29 is 0 Å². The normalized spacial score (nSPS) is 9.69. The van der Waals surface area contributed by atoms with Gasteiger partial charge in [-0.1, -0.05) is 12.1 Å². The first kappa shape index (κ1) is 9.86. The smallest absolute Gasteiger partial charge is 0.225 e. The van der Waals surface area contributed by atoms with Crippen molar-refractivity contribution in [2.24, 2.45) is 0 Å². The molecule has 4 N–H and O–H groups in total. The molecule has 0 radical (unpaired) electrons. The zero-order chi connectivity index (χ0) is 11.5. The molecule has 0 aliphatic heterocycles. The fourth-order valence-electron chi connectivity index (χ4n) is 1.27. The van der Waals surface area contributed by atoms with Gasteiger partial charge in [-0.15, -0.1) is 0 Å². The van der Waals surface area contributed by atoms with E-state index in [9.17, 15) is 0 Å². The summed E-state index contributed by atoms with van der Waals surface area (Å²) >= 11 is 0. The summed E-state index contributed by atoms with van der Waals surface area (Å²) in [5, 5.41) is 8.77. The van der Waals surface area contributed by atoms with Crippen molar-refractivity contribution >= 4 is 11.9 Å². The summed E-state index contributed by atoms with van der Waals surface area (Å²) in [4.78, 5) is 11.6. The van der Waals surface area contributed by atoms with Gasteiger partial charge in [0.1, 0.15) is 0 Å². The number of benzene rings is 1. The van der Waals surface area contributed by atoms with Crippen molar-refractivity contribution in [1.29, 1.82) is 5.26 Å². The predicted octanol–water partition coefficient (Wildman–Crippen LogP) is 0.575. The van der Waals surface area contributed by atoms with Crippen LogP contribution in [0.5, 0.6) is 0 Å². The third-order valence-corrected chi connectivity index (χ3v) is 1.92. The number of hydrogen-bond acceptors (Lipinski definition) is 6. The topological polar surface area (TPSA) is 114 Å². The largest absolute Gasteiger partial charge is 0.368 e. The molecule has 78 valence electrons. The molecule has 6 nitrogen and oxygen atoms in total. The van der Waals surface area contributed by atoms with Crippen molar-refractivity contribution in [2.45, 2.75) is 0 Å². The van der Waals surface area contributed by atoms with E-state index >= 15 is 0 Å². The van der Waals surface area contributed by atoms with Crippen LogP contribution in [0.15, 0.2) is 24.3 Å². The Labute approximate surface area is 91.6 Å². The molecule has 0 aliphatic rings. The van der Waals surface area contributed by atoms with Gasteiger partial charge in [0.25, 0.3) is 0 Å². The molecule has 2 rings (SSSR count). The second-order valence-electron chi connectivity index (χ2n) is 3.07. The number of anilines is 2. The first-order valence-corrected chi connectivity index (χ1v) is 4.46. The maximum absolute atomic E-state index is 8.77. The molecule has 0 atom stereocenters. The summed E-state index contributed by atoms with van der Waals surface area (Å²) in [5.74, 6) is 0.483. The average Bonchev–Trinajstić information content (AvgIpc) is 2.28. The van der Waals surface area contributed by atoms with Crippen molar-refractivity contribution in [2.75, 3.05) is 11.5 Å². The van der Waals surface area contributed by atoms with Gasteiger partial charge in [-0.3, -0.25) is 0 Å². The molecule has 1 aromatic heterocycles. The molecule has 0 amide bonds. The Hall–Kier alpha value is -2.68. The van der Waals surface area contributed by atoms with Gasteiger partial charge in [0.15, 0.2) is 5.82 Å². The third-order valence-electron chi connectivity index (χ3n) is 1.92. The Kier molecular flexibility index (Phi) is 2.36. The second-order valence-corrected chi connectivity index (χ2v) is 3.07. The molecule has 0 spiro atoms. The van der Waals surface area contributed by atoms with Crippen LogP contribution >= 0.6 is 0 Å². The molecule has 6 heteroatoms. The van der Waals surface area contributed by atoms with Crippen LogP contribution in [-0.4, -0.2) is 15.0 Å². The van der Waals surface area contributed by atoms with Crippen LogP contribution in [0.25, 0.3) is 11.4 Å². The van der Waals surface area contributed by atoms with Gasteiger partial charge in [0, 0.05) is 5.56 Å². The monoisotopic (exact) mass is 212 g/mol. The van der Waals surface area contributed by atoms with Gasteiger partial charge in [-0.2, -0.15) is 20.2 Å². The number of rotatable bonds is 1. The lowest BCUT2D eigenvalue weighted by Crippen LogP contribution is -2.04. The highest BCUT2D eigenvalue weighted by molar-refractivity contribution is 5.59. The maximum atomic E-state index is 8.77. The van der Waals surface area contributed by atoms with Crippen LogP contribution in [-0.2, 0) is 0 Å². The number of nitrogen functional groups attached to an aromatic ring is 2. The summed E-state index contributed by atoms with van der Waals surface area (Å²) in [7, 11) is 0. The fourth-order valence-corrected chi connectivity index (χ4v) is 1.27. The van der Waals surface area contributed by atoms with Gasteiger partial charge >= 0.3 is 0 Å². The Morgan fingerprint density at radius 3 is 2.38 bits per heavy atom. The molecule has 0 saturated heterocycles. The molecular formula is C10H8N6. The fraction of sp³-hybridized carbons (Fsp3) is 0. The van der Waals surface area contributed by atoms with Gasteiger partial charge in [-0.05, 0) is 12.1 Å². The molecule has 0 bridgehead atoms. The first-order chi connectivity index (χ1) is 7.69. The molecular weight excluding hydrogens is 204 g/mol. The highest BCUT2D eigenvalue weighted by Gasteiger charge is 2.05. The number of aromatic nitrogens is 3. The van der Waals surface area contributed by atoms with E-state index in [-0.39, 0.29) is 11.9 Å². The van der Waals surface area contributed by atoms with Crippen LogP contribution < -0.4 is 11.5 Å². The summed E-state index contributed by atoms with van der Waals surface area (Å²) in [5.41, 5.74) is 12.1. The summed E-state index contributed by atoms with van der Waals surface area (Å²) in [6.45, 7) is 0. The summed E-state index contributed by atoms with van der Waals surface area (Å²) < 4.78 is 0. The molecule has 1 heterocycles. The van der Waals surface area contributed by atoms with Crippen molar-refractivity contribution in [3.8, 4) is 17.5 Å². The van der Waals surface area contributed by atoms with Gasteiger partial charge in [-0.25, -0.2) is 0 Å². The first-order valence-electron chi connectivity index (χ1n) is 4.46. The molecule has 0 fully saturated rings. The average molecular weight is 212 g/mol. The van der Waals surface area contributed by atoms with E-state index in [1.165, 1.54) is 0 Å². The van der Waals surface area contributed by atoms with Crippen molar-refractivity contribution in [3.63, 3.8) is 0 Å². The van der Waals surface area contributed by atoms with Crippen LogP contribution in [0.3, 0.4) is 0 Å². The number of hydrogen-bond donors (Lipinski definition) is 2. The highest BCUT2D eigenvalue weighted by atomic mass is 15.1. The minimum Gasteiger partial charge on any atom is -0.368 e. The van der Waals surface area contributed by atoms with E-state index in [2.05, 4.69) is 15.0 Å². The van der Waals surface area contributed by atoms with Crippen LogP contribution in [0.4, 0.5) is 11.9 Å². The maximum Gasteiger partial charge on any atom is 0.225 e. The zero-order valence-electron chi connectivity index (χ0n) is 8.25. The number of nitrogens with zero attached hydrogens (tertiary/aromatic N) is 4. The van der Waals surface area contributed by atoms with E-state index in [4.69, 9.17) is 16.7 Å². The number of nitrogens with two attached hydrogens (primary N) is 2. The SMILES string of the molecule is N#Cc1cccc(-c2nc(N)nc(N)n2)c1. The Morgan fingerprint density at radius 2 is 1.75 bits per heavy atom. The number of nitriles is 1. The van der Waals surface area contributed by atoms with Gasteiger partial charge < -0.3 is 11.5 Å². The Morgan fingerprint density at radius 1 is 1.06 bits per heavy atom. The third kappa shape index (κ3) is 1.88. The van der Waals surface area contributed by atoms with Gasteiger partial charge in [0.2, 0.25) is 11.9 Å². The summed E-state index contributed by atoms with van der Waals surface area (Å²) in [6.07, 6.45) is 0. The molecule has 0 saturated carbocycles. The molecule has 1 aromatic carbocycles. The van der Waals surface area contributed by atoms with E-state index in [1.807, 2.05) is 6.07 Å². The van der Waals surface area contributed by atoms with E-state index < -0.39 is 0 Å². The molecule has 16 heavy (non-hydrogen) atoms. The Bertz CT molecular complexity index is 552. The quantitative estimate of drug-likeness (QED) is 0.714. The minimum atomic E-state index is 0.0601. The highest BCUT2D eigenvalue weighted by Crippen LogP contribution is 2.17. The lowest BCUT2D eigenvalue weighted by Gasteiger charge is -2.01. The standard InChI is InChI=1S/C10H8N6/c11-5-6-2-1-3-7(4-6)8-14-9(12)16-10(13)15-8/h1-4H,(H4,12,13,14,15,16). The van der Waals surface area contributed by atoms with E-state index in [0.717, 1.165) is 0 Å². The van der Waals surface area contributed by atoms with E-state index in [1.54, 1.807) is 24.3 Å². The molecule has 2 aromatic rings.